The molecule has 1 saturated heterocycles. The van der Waals surface area contributed by atoms with Gasteiger partial charge in [0.05, 0.1) is 31.9 Å². The number of nitrogens with zero attached hydrogens (tertiary/aromatic N) is 2. The lowest BCUT2D eigenvalue weighted by Gasteiger charge is -2.34. The molecule has 2 aromatic carbocycles. The number of hydrogen-bond donors (Lipinski definition) is 3. The van der Waals surface area contributed by atoms with E-state index in [1.807, 2.05) is 37.3 Å². The molecule has 2 unspecified atom stereocenters. The number of nitrogens with one attached hydrogen (secondary N) is 2. The molecular weight excluding hydrogens is 419 g/mol. The Morgan fingerprint density at radius 1 is 1.16 bits per heavy atom. The average molecular weight is 449 g/mol. The zero-order chi connectivity index (χ0) is 22.1. The largest absolute Gasteiger partial charge is 0.387 e. The van der Waals surface area contributed by atoms with E-state index in [1.54, 1.807) is 6.07 Å². The molecule has 0 saturated carbocycles. The molecule has 0 bridgehead atoms. The molecule has 2 atom stereocenters. The maximum absolute atomic E-state index is 13.4. The molecule has 6 nitrogen and oxygen atoms in total. The number of halogens is 2. The molecule has 8 heteroatoms. The first-order valence-corrected chi connectivity index (χ1v) is 11.0. The first-order chi connectivity index (χ1) is 15.1. The van der Waals surface area contributed by atoms with Crippen molar-refractivity contribution in [1.82, 2.24) is 15.5 Å². The second kappa shape index (κ2) is 12.0. The number of aliphatic imine (C=N–C) groups is 1. The predicted octanol–water partition coefficient (Wildman–Crippen LogP) is 3.14. The van der Waals surface area contributed by atoms with Crippen LogP contribution in [-0.2, 0) is 4.74 Å². The van der Waals surface area contributed by atoms with E-state index in [0.717, 1.165) is 18.7 Å². The number of morpholine rings is 1. The van der Waals surface area contributed by atoms with Gasteiger partial charge in [-0.05, 0) is 30.7 Å². The molecule has 2 aromatic rings. The van der Waals surface area contributed by atoms with Crippen molar-refractivity contribution in [3.63, 3.8) is 0 Å². The summed E-state index contributed by atoms with van der Waals surface area (Å²) in [5, 5.41) is 17.5. The minimum absolute atomic E-state index is 0.00782. The Hall–Kier alpha value is -2.19. The Bertz CT molecular complexity index is 844. The standard InChI is InChI=1S/C23H30ClFN4O2/c1-2-26-23(28-16-22(30)19-5-3-4-6-20(19)24)27-15-21(29-11-13-31-14-12-29)17-7-9-18(25)10-8-17/h3-10,21-22,30H,2,11-16H2,1H3,(H2,26,27,28). The smallest absolute Gasteiger partial charge is 0.191 e. The molecule has 0 aromatic heterocycles. The van der Waals surface area contributed by atoms with Crippen molar-refractivity contribution in [3.8, 4) is 0 Å². The number of hydrogen-bond acceptors (Lipinski definition) is 4. The van der Waals surface area contributed by atoms with E-state index in [-0.39, 0.29) is 18.4 Å². The van der Waals surface area contributed by atoms with E-state index in [2.05, 4.69) is 15.5 Å². The van der Waals surface area contributed by atoms with Gasteiger partial charge in [-0.15, -0.1) is 0 Å². The lowest BCUT2D eigenvalue weighted by molar-refractivity contribution is 0.0179. The normalized spacial score (nSPS) is 17.2. The minimum atomic E-state index is -0.760. The summed E-state index contributed by atoms with van der Waals surface area (Å²) in [4.78, 5) is 7.06. The molecule has 1 aliphatic heterocycles. The maximum Gasteiger partial charge on any atom is 0.191 e. The topological polar surface area (TPSA) is 69.1 Å². The van der Waals surface area contributed by atoms with Gasteiger partial charge < -0.3 is 20.5 Å². The molecule has 3 N–H and O–H groups in total. The quantitative estimate of drug-likeness (QED) is 0.427. The summed E-state index contributed by atoms with van der Waals surface area (Å²) in [6.45, 7) is 6.37. The van der Waals surface area contributed by atoms with Crippen molar-refractivity contribution < 1.29 is 14.2 Å². The zero-order valence-corrected chi connectivity index (χ0v) is 18.5. The number of aliphatic hydroxyl groups is 1. The molecule has 1 heterocycles. The Morgan fingerprint density at radius 2 is 1.87 bits per heavy atom. The third-order valence-electron chi connectivity index (χ3n) is 5.23. The van der Waals surface area contributed by atoms with Crippen molar-refractivity contribution >= 4 is 17.6 Å². The van der Waals surface area contributed by atoms with Gasteiger partial charge in [0.25, 0.3) is 0 Å². The van der Waals surface area contributed by atoms with E-state index in [4.69, 9.17) is 21.3 Å². The van der Waals surface area contributed by atoms with Crippen molar-refractivity contribution in [2.45, 2.75) is 19.1 Å². The molecular formula is C23H30ClFN4O2. The minimum Gasteiger partial charge on any atom is -0.387 e. The molecule has 31 heavy (non-hydrogen) atoms. The van der Waals surface area contributed by atoms with Gasteiger partial charge in [-0.3, -0.25) is 9.89 Å². The Kier molecular flexibility index (Phi) is 9.09. The van der Waals surface area contributed by atoms with E-state index >= 15 is 0 Å². The summed E-state index contributed by atoms with van der Waals surface area (Å²) >= 11 is 6.19. The third-order valence-corrected chi connectivity index (χ3v) is 5.58. The number of guanidine groups is 1. The van der Waals surface area contributed by atoms with E-state index in [1.165, 1.54) is 12.1 Å². The van der Waals surface area contributed by atoms with Gasteiger partial charge in [0.2, 0.25) is 0 Å². The van der Waals surface area contributed by atoms with Crippen LogP contribution in [0.25, 0.3) is 0 Å². The average Bonchev–Trinajstić information content (AvgIpc) is 2.79. The second-order valence-electron chi connectivity index (χ2n) is 7.35. The Labute approximate surface area is 188 Å². The number of rotatable bonds is 8. The van der Waals surface area contributed by atoms with Crippen molar-refractivity contribution in [3.05, 3.63) is 70.5 Å². The van der Waals surface area contributed by atoms with Crippen LogP contribution in [0.5, 0.6) is 0 Å². The highest BCUT2D eigenvalue weighted by Crippen LogP contribution is 2.23. The third kappa shape index (κ3) is 6.90. The van der Waals surface area contributed by atoms with Gasteiger partial charge >= 0.3 is 0 Å². The van der Waals surface area contributed by atoms with Gasteiger partial charge in [-0.1, -0.05) is 41.9 Å². The van der Waals surface area contributed by atoms with E-state index < -0.39 is 6.10 Å². The van der Waals surface area contributed by atoms with Crippen molar-refractivity contribution in [2.24, 2.45) is 4.99 Å². The molecule has 3 rings (SSSR count). The SMILES string of the molecule is CCNC(=NCC(c1ccc(F)cc1)N1CCOCC1)NCC(O)c1ccccc1Cl. The Morgan fingerprint density at radius 3 is 2.55 bits per heavy atom. The number of benzene rings is 2. The highest BCUT2D eigenvalue weighted by molar-refractivity contribution is 6.31. The first-order valence-electron chi connectivity index (χ1n) is 10.6. The lowest BCUT2D eigenvalue weighted by atomic mass is 10.0. The van der Waals surface area contributed by atoms with Crippen LogP contribution in [0.2, 0.25) is 5.02 Å². The van der Waals surface area contributed by atoms with Crippen LogP contribution >= 0.6 is 11.6 Å². The summed E-state index contributed by atoms with van der Waals surface area (Å²) in [6.07, 6.45) is -0.760. The molecule has 1 aliphatic rings. The van der Waals surface area contributed by atoms with Crippen LogP contribution < -0.4 is 10.6 Å². The maximum atomic E-state index is 13.4. The van der Waals surface area contributed by atoms with Gasteiger partial charge in [0.1, 0.15) is 5.82 Å². The molecule has 0 amide bonds. The van der Waals surface area contributed by atoms with Crippen LogP contribution in [0.4, 0.5) is 4.39 Å². The van der Waals surface area contributed by atoms with E-state index in [9.17, 15) is 9.50 Å². The van der Waals surface area contributed by atoms with Gasteiger partial charge in [-0.25, -0.2) is 4.39 Å². The van der Waals surface area contributed by atoms with Crippen LogP contribution in [-0.4, -0.2) is 61.9 Å². The van der Waals surface area contributed by atoms with Gasteiger partial charge in [-0.2, -0.15) is 0 Å². The summed E-state index contributed by atoms with van der Waals surface area (Å²) in [5.41, 5.74) is 1.68. The molecule has 0 radical (unpaired) electrons. The molecule has 1 fully saturated rings. The predicted molar refractivity (Wildman–Crippen MR) is 122 cm³/mol. The Balaban J connectivity index is 1.70. The fourth-order valence-electron chi connectivity index (χ4n) is 3.57. The van der Waals surface area contributed by atoms with E-state index in [0.29, 0.717) is 42.8 Å². The summed E-state index contributed by atoms with van der Waals surface area (Å²) in [6, 6.07) is 13.8. The lowest BCUT2D eigenvalue weighted by Crippen LogP contribution is -2.42. The van der Waals surface area contributed by atoms with Gasteiger partial charge in [0.15, 0.2) is 5.96 Å². The summed E-state index contributed by atoms with van der Waals surface area (Å²) in [7, 11) is 0. The van der Waals surface area contributed by atoms with Crippen LogP contribution in [0.3, 0.4) is 0 Å². The highest BCUT2D eigenvalue weighted by Gasteiger charge is 2.23. The molecule has 168 valence electrons. The zero-order valence-electron chi connectivity index (χ0n) is 17.7. The monoisotopic (exact) mass is 448 g/mol. The summed E-state index contributed by atoms with van der Waals surface area (Å²) in [5.74, 6) is 0.352. The molecule has 0 spiro atoms. The fourth-order valence-corrected chi connectivity index (χ4v) is 3.84. The highest BCUT2D eigenvalue weighted by atomic mass is 35.5. The van der Waals surface area contributed by atoms with Crippen LogP contribution in [0.15, 0.2) is 53.5 Å². The van der Waals surface area contributed by atoms with Crippen LogP contribution in [0.1, 0.15) is 30.2 Å². The second-order valence-corrected chi connectivity index (χ2v) is 7.76. The number of aliphatic hydroxyl groups excluding tert-OH is 1. The summed E-state index contributed by atoms with van der Waals surface area (Å²) < 4.78 is 18.9. The first kappa shape index (κ1) is 23.5. The van der Waals surface area contributed by atoms with Crippen molar-refractivity contribution in [1.29, 1.82) is 0 Å². The number of ether oxygens (including phenoxy) is 1. The fraction of sp³-hybridized carbons (Fsp3) is 0.435. The molecule has 0 aliphatic carbocycles. The van der Waals surface area contributed by atoms with Crippen molar-refractivity contribution in [2.75, 3.05) is 45.9 Å². The van der Waals surface area contributed by atoms with Gasteiger partial charge in [0, 0.05) is 36.8 Å². The van der Waals surface area contributed by atoms with Crippen LogP contribution in [0, 0.1) is 5.82 Å².